The molecule has 138 valence electrons. The van der Waals surface area contributed by atoms with Crippen molar-refractivity contribution in [3.05, 3.63) is 54.4 Å². The number of aryl methyl sites for hydroxylation is 1. The summed E-state index contributed by atoms with van der Waals surface area (Å²) in [6.45, 7) is 3.33. The lowest BCUT2D eigenvalue weighted by atomic mass is 9.91. The van der Waals surface area contributed by atoms with Gasteiger partial charge in [0.2, 0.25) is 0 Å². The molecule has 0 saturated carbocycles. The quantitative estimate of drug-likeness (QED) is 0.707. The normalized spacial score (nSPS) is 15.1. The van der Waals surface area contributed by atoms with Crippen LogP contribution in [0.1, 0.15) is 40.6 Å². The van der Waals surface area contributed by atoms with E-state index in [9.17, 15) is 4.79 Å². The molecule has 1 saturated heterocycles. The summed E-state index contributed by atoms with van der Waals surface area (Å²) >= 11 is 0. The van der Waals surface area contributed by atoms with Crippen LogP contribution in [0.25, 0.3) is 11.4 Å². The predicted molar refractivity (Wildman–Crippen MR) is 98.9 cm³/mol. The standard InChI is InChI=1S/C19H21N7O/c1-13-24-11-16(25(13)2)18-17(22-5-6-23-18)14-3-7-26(8-4-14)19(27)15-9-20-12-21-10-15/h5-6,9-12,14H,3-4,7-8H2,1-2H3. The third-order valence-corrected chi connectivity index (χ3v) is 5.17. The first-order valence-electron chi connectivity index (χ1n) is 8.99. The van der Waals surface area contributed by atoms with Crippen LogP contribution in [0.5, 0.6) is 0 Å². The minimum Gasteiger partial charge on any atom is -0.339 e. The molecule has 27 heavy (non-hydrogen) atoms. The molecule has 4 heterocycles. The van der Waals surface area contributed by atoms with E-state index in [1.165, 1.54) is 6.33 Å². The number of carbonyl (C=O) groups excluding carboxylic acids is 1. The lowest BCUT2D eigenvalue weighted by Gasteiger charge is -2.32. The molecule has 0 radical (unpaired) electrons. The van der Waals surface area contributed by atoms with Gasteiger partial charge in [0.05, 0.1) is 23.1 Å². The summed E-state index contributed by atoms with van der Waals surface area (Å²) in [5.41, 5.74) is 3.36. The number of likely N-dealkylation sites (tertiary alicyclic amines) is 1. The van der Waals surface area contributed by atoms with Gasteiger partial charge >= 0.3 is 0 Å². The number of hydrogen-bond donors (Lipinski definition) is 0. The van der Waals surface area contributed by atoms with E-state index in [4.69, 9.17) is 0 Å². The molecule has 0 spiro atoms. The minimum atomic E-state index is -0.0179. The van der Waals surface area contributed by atoms with Crippen LogP contribution >= 0.6 is 0 Å². The molecule has 8 nitrogen and oxygen atoms in total. The van der Waals surface area contributed by atoms with Gasteiger partial charge in [0.1, 0.15) is 17.8 Å². The van der Waals surface area contributed by atoms with Crippen molar-refractivity contribution in [1.82, 2.24) is 34.4 Å². The van der Waals surface area contributed by atoms with Crippen molar-refractivity contribution >= 4 is 5.91 Å². The number of rotatable bonds is 3. The van der Waals surface area contributed by atoms with Gasteiger partial charge in [-0.1, -0.05) is 0 Å². The molecular weight excluding hydrogens is 342 g/mol. The van der Waals surface area contributed by atoms with E-state index >= 15 is 0 Å². The molecule has 0 atom stereocenters. The van der Waals surface area contributed by atoms with Crippen molar-refractivity contribution in [2.24, 2.45) is 7.05 Å². The molecule has 0 N–H and O–H groups in total. The highest BCUT2D eigenvalue weighted by Crippen LogP contribution is 2.33. The average molecular weight is 363 g/mol. The number of nitrogens with zero attached hydrogens (tertiary/aromatic N) is 7. The lowest BCUT2D eigenvalue weighted by Crippen LogP contribution is -2.38. The number of carbonyl (C=O) groups is 1. The van der Waals surface area contributed by atoms with E-state index in [1.54, 1.807) is 24.8 Å². The van der Waals surface area contributed by atoms with Crippen LogP contribution < -0.4 is 0 Å². The summed E-state index contributed by atoms with van der Waals surface area (Å²) in [5.74, 6) is 1.18. The van der Waals surface area contributed by atoms with Crippen LogP contribution in [0.3, 0.4) is 0 Å². The molecule has 4 rings (SSSR count). The molecule has 0 aromatic carbocycles. The zero-order valence-electron chi connectivity index (χ0n) is 15.4. The average Bonchev–Trinajstić information content (AvgIpc) is 3.07. The molecule has 1 aliphatic heterocycles. The van der Waals surface area contributed by atoms with E-state index in [0.717, 1.165) is 35.7 Å². The van der Waals surface area contributed by atoms with Crippen LogP contribution in [-0.4, -0.2) is 53.4 Å². The van der Waals surface area contributed by atoms with Crippen LogP contribution in [0.15, 0.2) is 37.3 Å². The van der Waals surface area contributed by atoms with Crippen LogP contribution in [-0.2, 0) is 7.05 Å². The number of piperidine rings is 1. The molecule has 1 amide bonds. The Balaban J connectivity index is 1.52. The van der Waals surface area contributed by atoms with E-state index < -0.39 is 0 Å². The number of imidazole rings is 1. The first-order chi connectivity index (χ1) is 13.1. The van der Waals surface area contributed by atoms with Gasteiger partial charge < -0.3 is 9.47 Å². The van der Waals surface area contributed by atoms with Crippen molar-refractivity contribution in [1.29, 1.82) is 0 Å². The van der Waals surface area contributed by atoms with Gasteiger partial charge in [-0.25, -0.2) is 15.0 Å². The maximum atomic E-state index is 12.6. The first-order valence-corrected chi connectivity index (χ1v) is 8.99. The Kier molecular flexibility index (Phi) is 4.62. The highest BCUT2D eigenvalue weighted by Gasteiger charge is 2.28. The van der Waals surface area contributed by atoms with Crippen molar-refractivity contribution in [2.75, 3.05) is 13.1 Å². The van der Waals surface area contributed by atoms with Gasteiger partial charge in [-0.05, 0) is 19.8 Å². The maximum absolute atomic E-state index is 12.6. The third-order valence-electron chi connectivity index (χ3n) is 5.17. The second-order valence-corrected chi connectivity index (χ2v) is 6.73. The van der Waals surface area contributed by atoms with Crippen molar-refractivity contribution in [3.8, 4) is 11.4 Å². The SMILES string of the molecule is Cc1ncc(-c2nccnc2C2CCN(C(=O)c3cncnc3)CC2)n1C. The Morgan fingerprint density at radius 3 is 2.41 bits per heavy atom. The van der Waals surface area contributed by atoms with Crippen LogP contribution in [0, 0.1) is 6.92 Å². The summed E-state index contributed by atoms with van der Waals surface area (Å²) in [7, 11) is 1.99. The zero-order valence-corrected chi connectivity index (χ0v) is 15.4. The van der Waals surface area contributed by atoms with Crippen molar-refractivity contribution < 1.29 is 4.79 Å². The Morgan fingerprint density at radius 1 is 1.04 bits per heavy atom. The Hall–Kier alpha value is -3.16. The summed E-state index contributed by atoms with van der Waals surface area (Å²) in [6.07, 6.45) is 11.6. The van der Waals surface area contributed by atoms with Gasteiger partial charge in [0.25, 0.3) is 5.91 Å². The van der Waals surface area contributed by atoms with Gasteiger partial charge in [-0.3, -0.25) is 14.8 Å². The Morgan fingerprint density at radius 2 is 1.74 bits per heavy atom. The molecular formula is C19H21N7O. The van der Waals surface area contributed by atoms with E-state index in [2.05, 4.69) is 24.9 Å². The predicted octanol–water partition coefficient (Wildman–Crippen LogP) is 2.00. The highest BCUT2D eigenvalue weighted by atomic mass is 16.2. The molecule has 0 aliphatic carbocycles. The van der Waals surface area contributed by atoms with Gasteiger partial charge in [-0.2, -0.15) is 0 Å². The van der Waals surface area contributed by atoms with Crippen LogP contribution in [0.2, 0.25) is 0 Å². The molecule has 1 aliphatic rings. The van der Waals surface area contributed by atoms with Gasteiger partial charge in [0.15, 0.2) is 0 Å². The van der Waals surface area contributed by atoms with Gasteiger partial charge in [-0.15, -0.1) is 0 Å². The second kappa shape index (κ2) is 7.22. The fourth-order valence-electron chi connectivity index (χ4n) is 3.52. The van der Waals surface area contributed by atoms with Crippen LogP contribution in [0.4, 0.5) is 0 Å². The molecule has 3 aromatic rings. The number of amides is 1. The first kappa shape index (κ1) is 17.3. The number of hydrogen-bond acceptors (Lipinski definition) is 6. The molecule has 0 unspecified atom stereocenters. The largest absolute Gasteiger partial charge is 0.339 e. The maximum Gasteiger partial charge on any atom is 0.256 e. The molecule has 8 heteroatoms. The zero-order chi connectivity index (χ0) is 18.8. The minimum absolute atomic E-state index is 0.0179. The molecule has 3 aromatic heterocycles. The molecule has 0 bridgehead atoms. The van der Waals surface area contributed by atoms with E-state index in [1.807, 2.05) is 29.6 Å². The fourth-order valence-corrected chi connectivity index (χ4v) is 3.52. The smallest absolute Gasteiger partial charge is 0.256 e. The monoisotopic (exact) mass is 363 g/mol. The third kappa shape index (κ3) is 3.30. The van der Waals surface area contributed by atoms with Crippen molar-refractivity contribution in [3.63, 3.8) is 0 Å². The van der Waals surface area contributed by atoms with Crippen molar-refractivity contribution in [2.45, 2.75) is 25.7 Å². The summed E-state index contributed by atoms with van der Waals surface area (Å²) in [4.78, 5) is 35.9. The Labute approximate surface area is 157 Å². The number of aromatic nitrogens is 6. The highest BCUT2D eigenvalue weighted by molar-refractivity contribution is 5.93. The molecule has 1 fully saturated rings. The summed E-state index contributed by atoms with van der Waals surface area (Å²) in [5, 5.41) is 0. The summed E-state index contributed by atoms with van der Waals surface area (Å²) in [6, 6.07) is 0. The second-order valence-electron chi connectivity index (χ2n) is 6.73. The topological polar surface area (TPSA) is 89.7 Å². The Bertz CT molecular complexity index is 946. The lowest BCUT2D eigenvalue weighted by molar-refractivity contribution is 0.0711. The summed E-state index contributed by atoms with van der Waals surface area (Å²) < 4.78 is 2.03. The van der Waals surface area contributed by atoms with E-state index in [-0.39, 0.29) is 11.8 Å². The van der Waals surface area contributed by atoms with Gasteiger partial charge in [0, 0.05) is 50.8 Å². The van der Waals surface area contributed by atoms with E-state index in [0.29, 0.717) is 18.7 Å². The fraction of sp³-hybridized carbons (Fsp3) is 0.368.